The van der Waals surface area contributed by atoms with Gasteiger partial charge in [-0.15, -0.1) is 0 Å². The number of aromatic nitrogens is 2. The Bertz CT molecular complexity index is 1040. The molecule has 7 heteroatoms. The minimum absolute atomic E-state index is 0.0835. The molecule has 0 atom stereocenters. The lowest BCUT2D eigenvalue weighted by molar-refractivity contribution is 0.0616. The average molecular weight is 364 g/mol. The highest BCUT2D eigenvalue weighted by atomic mass is 16.3. The van der Waals surface area contributed by atoms with Gasteiger partial charge in [0, 0.05) is 32.7 Å². The molecule has 0 radical (unpaired) electrons. The van der Waals surface area contributed by atoms with Gasteiger partial charge >= 0.3 is 0 Å². The first-order valence-corrected chi connectivity index (χ1v) is 8.89. The fourth-order valence-electron chi connectivity index (χ4n) is 3.36. The zero-order valence-electron chi connectivity index (χ0n) is 14.8. The summed E-state index contributed by atoms with van der Waals surface area (Å²) in [6, 6.07) is 14.2. The molecule has 1 aliphatic rings. The zero-order chi connectivity index (χ0) is 18.8. The molecular weight excluding hydrogens is 344 g/mol. The summed E-state index contributed by atoms with van der Waals surface area (Å²) in [6.45, 7) is 3.29. The molecule has 138 valence electrons. The molecule has 0 unspecified atom stereocenters. The van der Waals surface area contributed by atoms with Gasteiger partial charge in [0.15, 0.2) is 5.82 Å². The summed E-state index contributed by atoms with van der Waals surface area (Å²) in [5, 5.41) is 10.1. The van der Waals surface area contributed by atoms with E-state index in [2.05, 4.69) is 14.9 Å². The highest BCUT2D eigenvalue weighted by Crippen LogP contribution is 2.15. The minimum Gasteiger partial charge on any atom is -0.508 e. The number of H-pyrrole nitrogens is 1. The number of hydrogen-bond acceptors (Lipinski definition) is 5. The van der Waals surface area contributed by atoms with Crippen LogP contribution in [-0.4, -0.2) is 57.0 Å². The first-order valence-electron chi connectivity index (χ1n) is 8.89. The van der Waals surface area contributed by atoms with E-state index in [1.807, 2.05) is 12.1 Å². The molecule has 0 spiro atoms. The van der Waals surface area contributed by atoms with E-state index >= 15 is 0 Å². The number of nitrogens with zero attached hydrogens (tertiary/aromatic N) is 3. The lowest BCUT2D eigenvalue weighted by Gasteiger charge is -2.34. The summed E-state index contributed by atoms with van der Waals surface area (Å²) >= 11 is 0. The van der Waals surface area contributed by atoms with Crippen molar-refractivity contribution in [3.05, 3.63) is 70.3 Å². The van der Waals surface area contributed by atoms with Crippen LogP contribution in [0.15, 0.2) is 53.3 Å². The van der Waals surface area contributed by atoms with Gasteiger partial charge in [0.05, 0.1) is 10.9 Å². The predicted octanol–water partition coefficient (Wildman–Crippen LogP) is 1.59. The number of phenols is 1. The maximum absolute atomic E-state index is 12.7. The number of para-hydroxylation sites is 1. The summed E-state index contributed by atoms with van der Waals surface area (Å²) in [7, 11) is 0. The number of phenolic OH excluding ortho intramolecular Hbond substituents is 1. The molecule has 0 saturated carbocycles. The second-order valence-corrected chi connectivity index (χ2v) is 6.67. The Hall–Kier alpha value is -3.19. The van der Waals surface area contributed by atoms with Crippen molar-refractivity contribution in [3.8, 4) is 5.75 Å². The molecule has 7 nitrogen and oxygen atoms in total. The van der Waals surface area contributed by atoms with Crippen LogP contribution in [0.1, 0.15) is 16.2 Å². The van der Waals surface area contributed by atoms with Crippen LogP contribution in [-0.2, 0) is 6.54 Å². The van der Waals surface area contributed by atoms with Crippen molar-refractivity contribution in [3.63, 3.8) is 0 Å². The van der Waals surface area contributed by atoms with Gasteiger partial charge in [-0.1, -0.05) is 24.3 Å². The van der Waals surface area contributed by atoms with Crippen LogP contribution in [0.2, 0.25) is 0 Å². The molecule has 27 heavy (non-hydrogen) atoms. The van der Waals surface area contributed by atoms with Crippen LogP contribution < -0.4 is 5.56 Å². The first kappa shape index (κ1) is 17.2. The number of nitrogens with one attached hydrogen (secondary N) is 1. The molecule has 2 heterocycles. The van der Waals surface area contributed by atoms with E-state index in [1.165, 1.54) is 0 Å². The quantitative estimate of drug-likeness (QED) is 0.737. The molecule has 1 aromatic heterocycles. The van der Waals surface area contributed by atoms with Crippen molar-refractivity contribution in [2.45, 2.75) is 6.54 Å². The van der Waals surface area contributed by atoms with Crippen LogP contribution in [0.4, 0.5) is 0 Å². The van der Waals surface area contributed by atoms with Crippen molar-refractivity contribution in [1.82, 2.24) is 19.8 Å². The molecular formula is C20H20N4O3. The summed E-state index contributed by atoms with van der Waals surface area (Å²) < 4.78 is 0. The minimum atomic E-state index is -0.300. The normalized spacial score (nSPS) is 15.2. The number of aromatic amines is 1. The number of carbonyl (C=O) groups excluding carboxylic acids is 1. The van der Waals surface area contributed by atoms with E-state index in [1.54, 1.807) is 41.3 Å². The van der Waals surface area contributed by atoms with Gasteiger partial charge in [0.2, 0.25) is 0 Å². The van der Waals surface area contributed by atoms with Gasteiger partial charge in [-0.3, -0.25) is 14.5 Å². The van der Waals surface area contributed by atoms with Crippen molar-refractivity contribution in [1.29, 1.82) is 0 Å². The summed E-state index contributed by atoms with van der Waals surface area (Å²) in [6.07, 6.45) is 0. The van der Waals surface area contributed by atoms with Gasteiger partial charge in [-0.25, -0.2) is 4.98 Å². The maximum atomic E-state index is 12.7. The van der Waals surface area contributed by atoms with Crippen LogP contribution in [0.3, 0.4) is 0 Å². The second kappa shape index (κ2) is 7.20. The molecule has 3 aromatic rings. The van der Waals surface area contributed by atoms with Gasteiger partial charge in [-0.05, 0) is 29.8 Å². The van der Waals surface area contributed by atoms with Crippen molar-refractivity contribution >= 4 is 16.8 Å². The summed E-state index contributed by atoms with van der Waals surface area (Å²) in [5.41, 5.74) is 1.26. The second-order valence-electron chi connectivity index (χ2n) is 6.67. The molecule has 4 rings (SSSR count). The van der Waals surface area contributed by atoms with Crippen LogP contribution in [0.25, 0.3) is 10.9 Å². The first-order chi connectivity index (χ1) is 13.1. The SMILES string of the molecule is O=C(c1nc2ccccc2c(=O)[nH]1)N1CCN(Cc2cccc(O)c2)CC1. The van der Waals surface area contributed by atoms with Gasteiger partial charge < -0.3 is 15.0 Å². The van der Waals surface area contributed by atoms with Crippen molar-refractivity contribution in [2.75, 3.05) is 26.2 Å². The third-order valence-corrected chi connectivity index (χ3v) is 4.79. The Morgan fingerprint density at radius 1 is 1.07 bits per heavy atom. The highest BCUT2D eigenvalue weighted by molar-refractivity contribution is 5.92. The Kier molecular flexibility index (Phi) is 4.60. The van der Waals surface area contributed by atoms with E-state index in [0.29, 0.717) is 24.0 Å². The van der Waals surface area contributed by atoms with Crippen LogP contribution in [0, 0.1) is 0 Å². The van der Waals surface area contributed by atoms with Crippen LogP contribution in [0.5, 0.6) is 5.75 Å². The number of fused-ring (bicyclic) bond motifs is 1. The van der Waals surface area contributed by atoms with E-state index in [0.717, 1.165) is 25.2 Å². The molecule has 2 N–H and O–H groups in total. The molecule has 1 fully saturated rings. The topological polar surface area (TPSA) is 89.5 Å². The predicted molar refractivity (Wildman–Crippen MR) is 102 cm³/mol. The standard InChI is InChI=1S/C20H20N4O3/c25-15-5-3-4-14(12-15)13-23-8-10-24(11-9-23)20(27)18-21-17-7-2-1-6-16(17)19(26)22-18/h1-7,12,25H,8-11,13H2,(H,21,22,26). The van der Waals surface area contributed by atoms with Crippen molar-refractivity contribution < 1.29 is 9.90 Å². The van der Waals surface area contributed by atoms with Crippen molar-refractivity contribution in [2.24, 2.45) is 0 Å². The average Bonchev–Trinajstić information content (AvgIpc) is 2.68. The molecule has 0 bridgehead atoms. The number of amides is 1. The van der Waals surface area contributed by atoms with Crippen LogP contribution >= 0.6 is 0 Å². The van der Waals surface area contributed by atoms with E-state index in [-0.39, 0.29) is 23.0 Å². The number of piperazine rings is 1. The van der Waals surface area contributed by atoms with E-state index < -0.39 is 0 Å². The Morgan fingerprint density at radius 3 is 2.63 bits per heavy atom. The Balaban J connectivity index is 1.43. The molecule has 2 aromatic carbocycles. The monoisotopic (exact) mass is 364 g/mol. The largest absolute Gasteiger partial charge is 0.508 e. The Labute approximate surface area is 155 Å². The van der Waals surface area contributed by atoms with E-state index in [4.69, 9.17) is 0 Å². The molecule has 1 aliphatic heterocycles. The number of hydrogen-bond donors (Lipinski definition) is 2. The molecule has 1 saturated heterocycles. The smallest absolute Gasteiger partial charge is 0.289 e. The third-order valence-electron chi connectivity index (χ3n) is 4.79. The number of aromatic hydroxyl groups is 1. The van der Waals surface area contributed by atoms with E-state index in [9.17, 15) is 14.7 Å². The zero-order valence-corrected chi connectivity index (χ0v) is 14.8. The number of benzene rings is 2. The molecule has 0 aliphatic carbocycles. The number of carbonyl (C=O) groups is 1. The van der Waals surface area contributed by atoms with Gasteiger partial charge in [0.25, 0.3) is 11.5 Å². The molecule has 1 amide bonds. The fraction of sp³-hybridized carbons (Fsp3) is 0.250. The summed E-state index contributed by atoms with van der Waals surface area (Å²) in [4.78, 5) is 35.8. The lowest BCUT2D eigenvalue weighted by Crippen LogP contribution is -2.48. The Morgan fingerprint density at radius 2 is 1.85 bits per heavy atom. The summed E-state index contributed by atoms with van der Waals surface area (Å²) in [5.74, 6) is 0.0858. The number of rotatable bonds is 3. The lowest BCUT2D eigenvalue weighted by atomic mass is 10.2. The third kappa shape index (κ3) is 3.68. The van der Waals surface area contributed by atoms with Gasteiger partial charge in [-0.2, -0.15) is 0 Å². The maximum Gasteiger partial charge on any atom is 0.289 e. The highest BCUT2D eigenvalue weighted by Gasteiger charge is 2.24. The fourth-order valence-corrected chi connectivity index (χ4v) is 3.36. The van der Waals surface area contributed by atoms with Gasteiger partial charge in [0.1, 0.15) is 5.75 Å².